The van der Waals surface area contributed by atoms with Crippen LogP contribution in [0.2, 0.25) is 5.02 Å². The number of amides is 1. The third-order valence-electron chi connectivity index (χ3n) is 7.22. The Bertz CT molecular complexity index is 1150. The number of nitrogens with one attached hydrogen (secondary N) is 1. The van der Waals surface area contributed by atoms with E-state index in [1.165, 1.54) is 18.2 Å². The van der Waals surface area contributed by atoms with E-state index in [-0.39, 0.29) is 22.3 Å². The number of aryl methyl sites for hydroxylation is 1. The Labute approximate surface area is 197 Å². The molecule has 174 valence electrons. The third-order valence-corrected chi connectivity index (χ3v) is 7.51. The number of rotatable bonds is 3. The molecular weight excluding hydrogens is 445 g/mol. The van der Waals surface area contributed by atoms with Crippen LogP contribution in [0, 0.1) is 34.9 Å². The molecule has 3 aliphatic rings. The van der Waals surface area contributed by atoms with Crippen LogP contribution in [0.15, 0.2) is 24.5 Å². The van der Waals surface area contributed by atoms with E-state index in [2.05, 4.69) is 29.1 Å². The van der Waals surface area contributed by atoms with Gasteiger partial charge in [0.1, 0.15) is 17.1 Å². The van der Waals surface area contributed by atoms with Crippen LogP contribution in [-0.4, -0.2) is 39.4 Å². The quantitative estimate of drug-likeness (QED) is 0.660. The number of fused-ring (bicyclic) bond motifs is 1. The molecule has 1 aromatic carbocycles. The Kier molecular flexibility index (Phi) is 5.51. The second-order valence-corrected chi connectivity index (χ2v) is 10.5. The zero-order valence-corrected chi connectivity index (χ0v) is 19.5. The van der Waals surface area contributed by atoms with E-state index in [9.17, 15) is 14.3 Å². The van der Waals surface area contributed by atoms with Crippen molar-refractivity contribution in [2.24, 2.45) is 24.3 Å². The lowest BCUT2D eigenvalue weighted by molar-refractivity contribution is -0.0652. The topological polar surface area (TPSA) is 76.4 Å². The fourth-order valence-electron chi connectivity index (χ4n) is 5.52. The number of hydrogen-bond donors (Lipinski definition) is 2. The van der Waals surface area contributed by atoms with Crippen LogP contribution < -0.4 is 5.32 Å². The number of carbonyl (C=O) groups is 1. The Balaban J connectivity index is 1.29. The number of nitrogens with zero attached hydrogens (tertiary/aromatic N) is 2. The van der Waals surface area contributed by atoms with Gasteiger partial charge in [-0.1, -0.05) is 23.4 Å². The first kappa shape index (κ1) is 22.4. The average Bonchev–Trinajstić information content (AvgIpc) is 3.39. The molecular formula is C25H27ClFN3O3. The summed E-state index contributed by atoms with van der Waals surface area (Å²) in [5, 5.41) is 13.8. The van der Waals surface area contributed by atoms with Gasteiger partial charge in [-0.05, 0) is 62.6 Å². The highest BCUT2D eigenvalue weighted by Crippen LogP contribution is 2.54. The fourth-order valence-corrected chi connectivity index (χ4v) is 5.70. The molecule has 2 heterocycles. The normalized spacial score (nSPS) is 29.7. The first-order chi connectivity index (χ1) is 15.6. The van der Waals surface area contributed by atoms with Crippen LogP contribution in [0.1, 0.15) is 54.7 Å². The van der Waals surface area contributed by atoms with Gasteiger partial charge in [-0.15, -0.1) is 0 Å². The van der Waals surface area contributed by atoms with Crippen LogP contribution in [0.4, 0.5) is 10.1 Å². The monoisotopic (exact) mass is 471 g/mol. The van der Waals surface area contributed by atoms with Gasteiger partial charge >= 0.3 is 0 Å². The van der Waals surface area contributed by atoms with Gasteiger partial charge in [0.15, 0.2) is 0 Å². The van der Waals surface area contributed by atoms with Crippen molar-refractivity contribution in [1.29, 1.82) is 0 Å². The van der Waals surface area contributed by atoms with Gasteiger partial charge in [0.2, 0.25) is 0 Å². The van der Waals surface area contributed by atoms with Crippen LogP contribution in [-0.2, 0) is 11.8 Å². The smallest absolute Gasteiger partial charge is 0.274 e. The van der Waals surface area contributed by atoms with Crippen molar-refractivity contribution < 1.29 is 19.0 Å². The molecule has 1 aliphatic heterocycles. The number of aliphatic hydroxyl groups is 1. The van der Waals surface area contributed by atoms with Crippen molar-refractivity contribution in [3.8, 4) is 11.8 Å². The van der Waals surface area contributed by atoms with Crippen molar-refractivity contribution >= 4 is 23.2 Å². The highest BCUT2D eigenvalue weighted by molar-refractivity contribution is 6.31. The summed E-state index contributed by atoms with van der Waals surface area (Å²) in [6, 6.07) is 4.10. The maximum absolute atomic E-state index is 13.4. The molecule has 1 aromatic heterocycles. The van der Waals surface area contributed by atoms with Gasteiger partial charge in [0.25, 0.3) is 5.91 Å². The summed E-state index contributed by atoms with van der Waals surface area (Å²) in [5.74, 6) is 6.42. The molecule has 1 amide bonds. The van der Waals surface area contributed by atoms with E-state index in [1.54, 1.807) is 17.9 Å². The Morgan fingerprint density at radius 1 is 1.30 bits per heavy atom. The molecule has 2 aliphatic carbocycles. The molecule has 2 atom stereocenters. The van der Waals surface area contributed by atoms with Crippen LogP contribution in [0.25, 0.3) is 0 Å². The van der Waals surface area contributed by atoms with Gasteiger partial charge in [0, 0.05) is 18.7 Å². The molecule has 2 saturated carbocycles. The van der Waals surface area contributed by atoms with E-state index in [1.807, 2.05) is 0 Å². The second kappa shape index (κ2) is 8.12. The fraction of sp³-hybridized carbons (Fsp3) is 0.520. The van der Waals surface area contributed by atoms with Crippen LogP contribution in [0.5, 0.6) is 0 Å². The van der Waals surface area contributed by atoms with Gasteiger partial charge in [0.05, 0.1) is 35.7 Å². The molecule has 0 spiro atoms. The standard InChI is InChI=1S/C25H27ClFN3O3/c1-24(12-33-13-24)5-6-25(32)10-16-7-15(8-17(16)11-25)21-22(30(2)14-28-21)23(31)29-18-3-4-20(27)19(26)9-18/h3-4,9,14-17,32H,7-8,10-13H2,1-2H3,(H,29,31). The summed E-state index contributed by atoms with van der Waals surface area (Å²) in [5.41, 5.74) is 0.613. The highest BCUT2D eigenvalue weighted by atomic mass is 35.5. The summed E-state index contributed by atoms with van der Waals surface area (Å²) < 4.78 is 20.4. The van der Waals surface area contributed by atoms with E-state index in [0.717, 1.165) is 18.5 Å². The lowest BCUT2D eigenvalue weighted by Crippen LogP contribution is -2.39. The molecule has 0 radical (unpaired) electrons. The SMILES string of the molecule is Cn1cnc(C2CC3CC(O)(C#CC4(C)COC4)CC3C2)c1C(=O)Nc1ccc(F)c(Cl)c1. The minimum Gasteiger partial charge on any atom is -0.378 e. The summed E-state index contributed by atoms with van der Waals surface area (Å²) >= 11 is 5.84. The Hall–Kier alpha value is -2.40. The number of aromatic nitrogens is 2. The van der Waals surface area contributed by atoms with E-state index < -0.39 is 11.4 Å². The van der Waals surface area contributed by atoms with Crippen molar-refractivity contribution in [3.05, 3.63) is 46.8 Å². The molecule has 6 nitrogen and oxygen atoms in total. The van der Waals surface area contributed by atoms with Gasteiger partial charge in [-0.2, -0.15) is 0 Å². The zero-order chi connectivity index (χ0) is 23.4. The number of ether oxygens (including phenoxy) is 1. The van der Waals surface area contributed by atoms with E-state index in [4.69, 9.17) is 16.3 Å². The highest BCUT2D eigenvalue weighted by Gasteiger charge is 2.49. The third kappa shape index (κ3) is 4.28. The average molecular weight is 472 g/mol. The first-order valence-corrected chi connectivity index (χ1v) is 11.6. The minimum atomic E-state index is -0.939. The van der Waals surface area contributed by atoms with Crippen LogP contribution >= 0.6 is 11.6 Å². The van der Waals surface area contributed by atoms with Crippen molar-refractivity contribution in [2.75, 3.05) is 18.5 Å². The number of anilines is 1. The molecule has 8 heteroatoms. The van der Waals surface area contributed by atoms with E-state index >= 15 is 0 Å². The number of imidazole rings is 1. The van der Waals surface area contributed by atoms with E-state index in [0.29, 0.717) is 49.3 Å². The molecule has 2 N–H and O–H groups in total. The summed E-state index contributed by atoms with van der Waals surface area (Å²) in [6.07, 6.45) is 4.70. The largest absolute Gasteiger partial charge is 0.378 e. The Morgan fingerprint density at radius 3 is 2.61 bits per heavy atom. The van der Waals surface area contributed by atoms with Gasteiger partial charge < -0.3 is 19.7 Å². The zero-order valence-electron chi connectivity index (χ0n) is 18.7. The molecule has 1 saturated heterocycles. The summed E-state index contributed by atoms with van der Waals surface area (Å²) in [7, 11) is 1.79. The molecule has 33 heavy (non-hydrogen) atoms. The van der Waals surface area contributed by atoms with Crippen LogP contribution in [0.3, 0.4) is 0 Å². The molecule has 5 rings (SSSR count). The second-order valence-electron chi connectivity index (χ2n) is 10.1. The first-order valence-electron chi connectivity index (χ1n) is 11.3. The number of benzene rings is 1. The predicted octanol–water partition coefficient (Wildman–Crippen LogP) is 4.14. The lowest BCUT2D eigenvalue weighted by atomic mass is 9.87. The van der Waals surface area contributed by atoms with Crippen molar-refractivity contribution in [2.45, 2.75) is 44.1 Å². The van der Waals surface area contributed by atoms with Crippen molar-refractivity contribution in [3.63, 3.8) is 0 Å². The van der Waals surface area contributed by atoms with Crippen molar-refractivity contribution in [1.82, 2.24) is 9.55 Å². The molecule has 2 unspecified atom stereocenters. The number of halogens is 2. The maximum Gasteiger partial charge on any atom is 0.274 e. The minimum absolute atomic E-state index is 0.0453. The van der Waals surface area contributed by atoms with Gasteiger partial charge in [-0.3, -0.25) is 4.79 Å². The Morgan fingerprint density at radius 2 is 2.00 bits per heavy atom. The maximum atomic E-state index is 13.4. The summed E-state index contributed by atoms with van der Waals surface area (Å²) in [6.45, 7) is 3.31. The molecule has 3 fully saturated rings. The number of hydrogen-bond acceptors (Lipinski definition) is 4. The molecule has 2 aromatic rings. The van der Waals surface area contributed by atoms with Gasteiger partial charge in [-0.25, -0.2) is 9.37 Å². The molecule has 0 bridgehead atoms. The lowest BCUT2D eigenvalue weighted by Gasteiger charge is -2.33. The predicted molar refractivity (Wildman–Crippen MR) is 122 cm³/mol. The summed E-state index contributed by atoms with van der Waals surface area (Å²) in [4.78, 5) is 17.6. The number of carbonyl (C=O) groups excluding carboxylic acids is 1.